The second kappa shape index (κ2) is 7.25. The highest BCUT2D eigenvalue weighted by molar-refractivity contribution is 7.85. The van der Waals surface area contributed by atoms with Gasteiger partial charge in [-0.3, -0.25) is 4.55 Å². The molecule has 0 aliphatic carbocycles. The van der Waals surface area contributed by atoms with Gasteiger partial charge in [-0.05, 0) is 17.0 Å². The van der Waals surface area contributed by atoms with Gasteiger partial charge < -0.3 is 10.1 Å². The summed E-state index contributed by atoms with van der Waals surface area (Å²) in [4.78, 5) is 11.3. The maximum atomic E-state index is 11.3. The molecule has 0 unspecified atom stereocenters. The predicted octanol–water partition coefficient (Wildman–Crippen LogP) is 1.92. The van der Waals surface area contributed by atoms with Crippen LogP contribution in [0.3, 0.4) is 0 Å². The Balaban J connectivity index is 2.39. The fraction of sp³-hybridized carbons (Fsp3) is 0.462. The molecule has 0 aliphatic rings. The van der Waals surface area contributed by atoms with E-state index >= 15 is 0 Å². The van der Waals surface area contributed by atoms with E-state index in [4.69, 9.17) is 9.29 Å². The van der Waals surface area contributed by atoms with Crippen molar-refractivity contribution in [2.24, 2.45) is 0 Å². The largest absolute Gasteiger partial charge is 0.445 e. The standard InChI is InChI=1S/C13H19NO5S/c1-10(2)12-5-3-4-11(8-12)9-19-13(15)14-6-7-20(16,17)18/h3-5,8,10H,6-7,9H2,1-2H3,(H,14,15)(H,16,17,18). The summed E-state index contributed by atoms with van der Waals surface area (Å²) in [5.41, 5.74) is 2.01. The molecule has 0 heterocycles. The van der Waals surface area contributed by atoms with Crippen LogP contribution in [-0.2, 0) is 21.5 Å². The fourth-order valence-corrected chi connectivity index (χ4v) is 1.88. The number of hydrogen-bond donors (Lipinski definition) is 2. The summed E-state index contributed by atoms with van der Waals surface area (Å²) in [7, 11) is -4.07. The van der Waals surface area contributed by atoms with E-state index in [1.54, 1.807) is 0 Å². The first-order valence-electron chi connectivity index (χ1n) is 6.22. The Labute approximate surface area is 118 Å². The van der Waals surface area contributed by atoms with Gasteiger partial charge in [-0.15, -0.1) is 0 Å². The number of amides is 1. The van der Waals surface area contributed by atoms with E-state index in [0.29, 0.717) is 5.92 Å². The van der Waals surface area contributed by atoms with Crippen molar-refractivity contribution in [3.8, 4) is 0 Å². The first-order chi connectivity index (χ1) is 9.28. The van der Waals surface area contributed by atoms with Gasteiger partial charge in [-0.2, -0.15) is 8.42 Å². The van der Waals surface area contributed by atoms with Crippen molar-refractivity contribution < 1.29 is 22.5 Å². The number of hydrogen-bond acceptors (Lipinski definition) is 4. The zero-order valence-corrected chi connectivity index (χ0v) is 12.3. The molecule has 20 heavy (non-hydrogen) atoms. The summed E-state index contributed by atoms with van der Waals surface area (Å²) in [6, 6.07) is 7.69. The molecule has 0 atom stereocenters. The van der Waals surface area contributed by atoms with Crippen LogP contribution in [0.2, 0.25) is 0 Å². The molecule has 0 bridgehead atoms. The van der Waals surface area contributed by atoms with E-state index in [1.807, 2.05) is 24.3 Å². The predicted molar refractivity (Wildman–Crippen MR) is 75.1 cm³/mol. The van der Waals surface area contributed by atoms with Crippen LogP contribution in [0, 0.1) is 0 Å². The third kappa shape index (κ3) is 6.53. The number of carbonyl (C=O) groups excluding carboxylic acids is 1. The van der Waals surface area contributed by atoms with Gasteiger partial charge in [0.15, 0.2) is 0 Å². The van der Waals surface area contributed by atoms with Gasteiger partial charge in [0.25, 0.3) is 10.1 Å². The van der Waals surface area contributed by atoms with Gasteiger partial charge in [0, 0.05) is 6.54 Å². The van der Waals surface area contributed by atoms with E-state index in [-0.39, 0.29) is 13.2 Å². The van der Waals surface area contributed by atoms with Crippen LogP contribution in [-0.4, -0.2) is 31.4 Å². The van der Waals surface area contributed by atoms with Crippen molar-refractivity contribution in [1.82, 2.24) is 5.32 Å². The summed E-state index contributed by atoms with van der Waals surface area (Å²) >= 11 is 0. The molecule has 1 amide bonds. The molecule has 1 aromatic rings. The lowest BCUT2D eigenvalue weighted by atomic mass is 10.0. The van der Waals surface area contributed by atoms with E-state index in [0.717, 1.165) is 11.1 Å². The zero-order valence-electron chi connectivity index (χ0n) is 11.5. The number of benzene rings is 1. The van der Waals surface area contributed by atoms with Crippen LogP contribution in [0.25, 0.3) is 0 Å². The number of alkyl carbamates (subject to hydrolysis) is 1. The molecule has 1 rings (SSSR count). The highest BCUT2D eigenvalue weighted by atomic mass is 32.2. The monoisotopic (exact) mass is 301 g/mol. The Morgan fingerprint density at radius 3 is 2.70 bits per heavy atom. The lowest BCUT2D eigenvalue weighted by Gasteiger charge is -2.09. The Kier molecular flexibility index (Phi) is 5.97. The minimum Gasteiger partial charge on any atom is -0.445 e. The van der Waals surface area contributed by atoms with Crippen LogP contribution >= 0.6 is 0 Å². The van der Waals surface area contributed by atoms with Crippen molar-refractivity contribution >= 4 is 16.2 Å². The van der Waals surface area contributed by atoms with Crippen molar-refractivity contribution in [3.63, 3.8) is 0 Å². The van der Waals surface area contributed by atoms with E-state index in [2.05, 4.69) is 19.2 Å². The second-order valence-electron chi connectivity index (χ2n) is 4.69. The number of carbonyl (C=O) groups is 1. The molecule has 0 radical (unpaired) electrons. The molecule has 0 spiro atoms. The molecule has 1 aromatic carbocycles. The van der Waals surface area contributed by atoms with Gasteiger partial charge >= 0.3 is 6.09 Å². The highest BCUT2D eigenvalue weighted by Crippen LogP contribution is 2.15. The number of ether oxygens (including phenoxy) is 1. The maximum absolute atomic E-state index is 11.3. The Hall–Kier alpha value is -1.60. The average molecular weight is 301 g/mol. The first kappa shape index (κ1) is 16.5. The van der Waals surface area contributed by atoms with Gasteiger partial charge in [0.05, 0.1) is 5.75 Å². The lowest BCUT2D eigenvalue weighted by molar-refractivity contribution is 0.140. The highest BCUT2D eigenvalue weighted by Gasteiger charge is 2.07. The average Bonchev–Trinajstić information content (AvgIpc) is 2.35. The zero-order chi connectivity index (χ0) is 15.2. The molecule has 0 aromatic heterocycles. The van der Waals surface area contributed by atoms with Crippen molar-refractivity contribution in [3.05, 3.63) is 35.4 Å². The fourth-order valence-electron chi connectivity index (χ4n) is 1.52. The van der Waals surface area contributed by atoms with E-state index in [9.17, 15) is 13.2 Å². The summed E-state index contributed by atoms with van der Waals surface area (Å²) < 4.78 is 34.4. The topological polar surface area (TPSA) is 92.7 Å². The van der Waals surface area contributed by atoms with E-state index < -0.39 is 22.0 Å². The van der Waals surface area contributed by atoms with Gasteiger partial charge in [0.2, 0.25) is 0 Å². The lowest BCUT2D eigenvalue weighted by Crippen LogP contribution is -2.29. The minimum atomic E-state index is -4.07. The first-order valence-corrected chi connectivity index (χ1v) is 7.83. The van der Waals surface area contributed by atoms with Gasteiger partial charge in [0.1, 0.15) is 6.61 Å². The molecule has 0 fully saturated rings. The SMILES string of the molecule is CC(C)c1cccc(COC(=O)NCCS(=O)(=O)O)c1. The molecule has 0 aliphatic heterocycles. The molecule has 2 N–H and O–H groups in total. The number of nitrogens with one attached hydrogen (secondary N) is 1. The summed E-state index contributed by atoms with van der Waals surface area (Å²) in [5, 5.41) is 2.25. The van der Waals surface area contributed by atoms with Gasteiger partial charge in [-0.25, -0.2) is 4.79 Å². The Morgan fingerprint density at radius 1 is 1.40 bits per heavy atom. The third-order valence-corrected chi connectivity index (χ3v) is 3.34. The van der Waals surface area contributed by atoms with Crippen LogP contribution in [0.1, 0.15) is 30.9 Å². The van der Waals surface area contributed by atoms with Crippen molar-refractivity contribution in [2.75, 3.05) is 12.3 Å². The second-order valence-corrected chi connectivity index (χ2v) is 6.26. The van der Waals surface area contributed by atoms with Crippen molar-refractivity contribution in [1.29, 1.82) is 0 Å². The maximum Gasteiger partial charge on any atom is 0.407 e. The Bertz CT molecular complexity index is 554. The smallest absolute Gasteiger partial charge is 0.407 e. The van der Waals surface area contributed by atoms with Crippen LogP contribution in [0.15, 0.2) is 24.3 Å². The molecule has 0 saturated carbocycles. The van der Waals surface area contributed by atoms with Gasteiger partial charge in [-0.1, -0.05) is 38.1 Å². The van der Waals surface area contributed by atoms with Crippen LogP contribution in [0.4, 0.5) is 4.79 Å². The van der Waals surface area contributed by atoms with Crippen molar-refractivity contribution in [2.45, 2.75) is 26.4 Å². The molecular formula is C13H19NO5S. The molecule has 7 heteroatoms. The number of rotatable bonds is 6. The summed E-state index contributed by atoms with van der Waals surface area (Å²) in [6.45, 7) is 4.06. The summed E-state index contributed by atoms with van der Waals surface area (Å²) in [6.07, 6.45) is -0.719. The molecular weight excluding hydrogens is 282 g/mol. The molecule has 112 valence electrons. The van der Waals surface area contributed by atoms with Crippen LogP contribution < -0.4 is 5.32 Å². The quantitative estimate of drug-likeness (QED) is 0.783. The minimum absolute atomic E-state index is 0.109. The molecule has 0 saturated heterocycles. The molecule has 6 nitrogen and oxygen atoms in total. The summed E-state index contributed by atoms with van der Waals surface area (Å²) in [5.74, 6) is -0.149. The van der Waals surface area contributed by atoms with E-state index in [1.165, 1.54) is 0 Å². The van der Waals surface area contributed by atoms with Crippen LogP contribution in [0.5, 0.6) is 0 Å². The normalized spacial score (nSPS) is 11.4. The Morgan fingerprint density at radius 2 is 2.10 bits per heavy atom. The third-order valence-electron chi connectivity index (χ3n) is 2.62.